The molecular formula is C19H14Cl2N4O3. The van der Waals surface area contributed by atoms with E-state index in [4.69, 9.17) is 28.5 Å². The minimum atomic E-state index is -1.04. The van der Waals surface area contributed by atoms with Crippen molar-refractivity contribution in [3.05, 3.63) is 51.8 Å². The Labute approximate surface area is 170 Å². The molecule has 2 fully saturated rings. The first kappa shape index (κ1) is 18.5. The molecule has 1 atom stereocenters. The predicted molar refractivity (Wildman–Crippen MR) is 102 cm³/mol. The summed E-state index contributed by atoms with van der Waals surface area (Å²) in [7, 11) is 0. The largest absolute Gasteiger partial charge is 0.507 e. The fourth-order valence-corrected chi connectivity index (χ4v) is 4.43. The molecular weight excluding hydrogens is 403 g/mol. The van der Waals surface area contributed by atoms with Gasteiger partial charge < -0.3 is 10.0 Å². The molecule has 28 heavy (non-hydrogen) atoms. The van der Waals surface area contributed by atoms with Gasteiger partial charge >= 0.3 is 6.03 Å². The van der Waals surface area contributed by atoms with E-state index >= 15 is 0 Å². The van der Waals surface area contributed by atoms with Crippen molar-refractivity contribution in [1.29, 1.82) is 5.26 Å². The monoisotopic (exact) mass is 416 g/mol. The molecule has 2 saturated heterocycles. The average Bonchev–Trinajstić information content (AvgIpc) is 3.14. The number of carbonyl (C=O) groups excluding carboxylic acids is 2. The number of hydrogen-bond acceptors (Lipinski definition) is 5. The van der Waals surface area contributed by atoms with E-state index in [1.54, 1.807) is 17.0 Å². The second-order valence-electron chi connectivity index (χ2n) is 6.82. The smallest absolute Gasteiger partial charge is 0.332 e. The lowest BCUT2D eigenvalue weighted by Crippen LogP contribution is -2.47. The normalized spacial score (nSPS) is 21.2. The molecule has 0 radical (unpaired) electrons. The molecule has 1 N–H and O–H groups in total. The van der Waals surface area contributed by atoms with Crippen molar-refractivity contribution < 1.29 is 14.7 Å². The van der Waals surface area contributed by atoms with Crippen molar-refractivity contribution in [2.75, 3.05) is 11.4 Å². The van der Waals surface area contributed by atoms with Gasteiger partial charge in [0, 0.05) is 13.0 Å². The number of phenols is 1. The lowest BCUT2D eigenvalue weighted by Gasteiger charge is -2.28. The second kappa shape index (κ2) is 6.66. The van der Waals surface area contributed by atoms with Crippen LogP contribution in [0, 0.1) is 11.3 Å². The van der Waals surface area contributed by atoms with Crippen LogP contribution in [0.4, 0.5) is 10.5 Å². The zero-order valence-corrected chi connectivity index (χ0v) is 16.0. The first-order chi connectivity index (χ1) is 13.4. The zero-order chi connectivity index (χ0) is 20.1. The highest BCUT2D eigenvalue weighted by Crippen LogP contribution is 2.43. The van der Waals surface area contributed by atoms with Gasteiger partial charge in [-0.3, -0.25) is 4.79 Å². The Balaban J connectivity index is 1.75. The molecule has 2 aliphatic rings. The summed E-state index contributed by atoms with van der Waals surface area (Å²) in [4.78, 5) is 32.9. The lowest BCUT2D eigenvalue weighted by molar-refractivity contribution is -0.123. The number of aromatic hydroxyl groups is 1. The summed E-state index contributed by atoms with van der Waals surface area (Å²) < 4.78 is 0. The summed E-state index contributed by atoms with van der Waals surface area (Å²) in [5, 5.41) is 19.0. The van der Waals surface area contributed by atoms with Gasteiger partial charge in [-0.1, -0.05) is 29.3 Å². The molecule has 4 rings (SSSR count). The van der Waals surface area contributed by atoms with Crippen molar-refractivity contribution in [1.82, 2.24) is 9.88 Å². The first-order valence-corrected chi connectivity index (χ1v) is 9.32. The van der Waals surface area contributed by atoms with Crippen LogP contribution < -0.4 is 4.90 Å². The number of phenolic OH excluding ortho intramolecular Hbond substituents is 1. The molecule has 1 aromatic heterocycles. The highest BCUT2D eigenvalue weighted by molar-refractivity contribution is 6.33. The minimum Gasteiger partial charge on any atom is -0.507 e. The van der Waals surface area contributed by atoms with Gasteiger partial charge in [0.15, 0.2) is 0 Å². The van der Waals surface area contributed by atoms with Crippen LogP contribution in [-0.2, 0) is 11.2 Å². The number of imide groups is 1. The summed E-state index contributed by atoms with van der Waals surface area (Å²) in [6, 6.07) is 8.96. The van der Waals surface area contributed by atoms with E-state index in [-0.39, 0.29) is 39.6 Å². The molecule has 0 saturated carbocycles. The number of amides is 3. The first-order valence-electron chi connectivity index (χ1n) is 8.57. The van der Waals surface area contributed by atoms with Crippen molar-refractivity contribution in [2.45, 2.75) is 24.8 Å². The number of urea groups is 1. The summed E-state index contributed by atoms with van der Waals surface area (Å²) in [5.74, 6) is -0.483. The van der Waals surface area contributed by atoms with Gasteiger partial charge in [-0.15, -0.1) is 0 Å². The number of aromatic nitrogens is 1. The Morgan fingerprint density at radius 3 is 2.61 bits per heavy atom. The van der Waals surface area contributed by atoms with Gasteiger partial charge in [-0.05, 0) is 42.7 Å². The van der Waals surface area contributed by atoms with Gasteiger partial charge in [0.05, 0.1) is 11.3 Å². The van der Waals surface area contributed by atoms with E-state index in [0.29, 0.717) is 24.9 Å². The van der Waals surface area contributed by atoms with E-state index in [2.05, 4.69) is 4.98 Å². The summed E-state index contributed by atoms with van der Waals surface area (Å²) in [6.07, 6.45) is 1.45. The lowest BCUT2D eigenvalue weighted by atomic mass is 9.87. The summed E-state index contributed by atoms with van der Waals surface area (Å²) in [6.45, 7) is 0.455. The standard InChI is InChI=1S/C19H14Cl2N4O3/c20-15-7-13(8-16(21)23-15)25-17(27)19(4-1-5-24(19)18(25)28)9-11-2-3-14(26)12(6-11)10-22/h2-3,6-8,26H,1,4-5,9H2. The molecule has 9 heteroatoms. The van der Waals surface area contributed by atoms with E-state index in [1.807, 2.05) is 6.07 Å². The highest BCUT2D eigenvalue weighted by atomic mass is 35.5. The molecule has 142 valence electrons. The minimum absolute atomic E-state index is 0.0846. The highest BCUT2D eigenvalue weighted by Gasteiger charge is 2.59. The topological polar surface area (TPSA) is 97.5 Å². The second-order valence-corrected chi connectivity index (χ2v) is 7.60. The average molecular weight is 417 g/mol. The maximum Gasteiger partial charge on any atom is 0.332 e. The number of carbonyl (C=O) groups is 2. The summed E-state index contributed by atoms with van der Waals surface area (Å²) >= 11 is 11.9. The Bertz CT molecular complexity index is 1030. The predicted octanol–water partition coefficient (Wildman–Crippen LogP) is 3.51. The maximum atomic E-state index is 13.4. The molecule has 1 unspecified atom stereocenters. The van der Waals surface area contributed by atoms with Crippen LogP contribution >= 0.6 is 23.2 Å². The zero-order valence-electron chi connectivity index (χ0n) is 14.5. The van der Waals surface area contributed by atoms with E-state index < -0.39 is 11.6 Å². The third-order valence-corrected chi connectivity index (χ3v) is 5.58. The molecule has 2 aromatic rings. The molecule has 3 heterocycles. The summed E-state index contributed by atoms with van der Waals surface area (Å²) in [5.41, 5.74) is 0.0511. The third kappa shape index (κ3) is 2.77. The third-order valence-electron chi connectivity index (χ3n) is 5.20. The number of nitriles is 1. The number of fused-ring (bicyclic) bond motifs is 1. The fraction of sp³-hybridized carbons (Fsp3) is 0.263. The molecule has 1 aromatic carbocycles. The van der Waals surface area contributed by atoms with Gasteiger partial charge in [0.2, 0.25) is 0 Å². The Hall–Kier alpha value is -2.82. The Morgan fingerprint density at radius 2 is 1.93 bits per heavy atom. The van der Waals surface area contributed by atoms with Crippen LogP contribution in [0.1, 0.15) is 24.0 Å². The van der Waals surface area contributed by atoms with Crippen LogP contribution in [0.25, 0.3) is 0 Å². The molecule has 0 aliphatic carbocycles. The molecule has 7 nitrogen and oxygen atoms in total. The Kier molecular flexibility index (Phi) is 4.41. The number of pyridine rings is 1. The maximum absolute atomic E-state index is 13.4. The van der Waals surface area contributed by atoms with Crippen molar-refractivity contribution in [3.63, 3.8) is 0 Å². The van der Waals surface area contributed by atoms with E-state index in [9.17, 15) is 14.7 Å². The number of nitrogens with zero attached hydrogens (tertiary/aromatic N) is 4. The van der Waals surface area contributed by atoms with Crippen LogP contribution in [0.3, 0.4) is 0 Å². The number of benzene rings is 1. The fourth-order valence-electron chi connectivity index (χ4n) is 3.98. The van der Waals surface area contributed by atoms with E-state index in [0.717, 1.165) is 4.90 Å². The number of halogens is 2. The van der Waals surface area contributed by atoms with Crippen LogP contribution in [0.15, 0.2) is 30.3 Å². The number of hydrogen-bond donors (Lipinski definition) is 1. The molecule has 0 bridgehead atoms. The molecule has 0 spiro atoms. The number of anilines is 1. The van der Waals surface area contributed by atoms with E-state index in [1.165, 1.54) is 18.2 Å². The van der Waals surface area contributed by atoms with Crippen LogP contribution in [-0.4, -0.2) is 39.0 Å². The van der Waals surface area contributed by atoms with Crippen LogP contribution in [0.2, 0.25) is 10.3 Å². The molecule has 3 amide bonds. The Morgan fingerprint density at radius 1 is 1.21 bits per heavy atom. The van der Waals surface area contributed by atoms with Gasteiger partial charge in [-0.2, -0.15) is 5.26 Å². The SMILES string of the molecule is N#Cc1cc(CC23CCCN2C(=O)N(c2cc(Cl)nc(Cl)c2)C3=O)ccc1O. The van der Waals surface area contributed by atoms with Crippen molar-refractivity contribution >= 4 is 40.8 Å². The van der Waals surface area contributed by atoms with Crippen molar-refractivity contribution in [3.8, 4) is 11.8 Å². The quantitative estimate of drug-likeness (QED) is 0.609. The van der Waals surface area contributed by atoms with Gasteiger partial charge in [0.1, 0.15) is 27.7 Å². The van der Waals surface area contributed by atoms with Gasteiger partial charge in [-0.25, -0.2) is 14.7 Å². The van der Waals surface area contributed by atoms with Crippen LogP contribution in [0.5, 0.6) is 5.75 Å². The molecule has 2 aliphatic heterocycles. The van der Waals surface area contributed by atoms with Gasteiger partial charge in [0.25, 0.3) is 5.91 Å². The van der Waals surface area contributed by atoms with Crippen molar-refractivity contribution in [2.24, 2.45) is 0 Å². The number of rotatable bonds is 3.